The van der Waals surface area contributed by atoms with Crippen LogP contribution in [0.25, 0.3) is 0 Å². The van der Waals surface area contributed by atoms with E-state index in [1.54, 1.807) is 12.1 Å². The van der Waals surface area contributed by atoms with Crippen molar-refractivity contribution < 1.29 is 13.6 Å². The molecule has 1 amide bonds. The molecule has 35 heavy (non-hydrogen) atoms. The molecule has 0 spiro atoms. The first kappa shape index (κ1) is 27.1. The molecule has 0 aliphatic rings. The predicted octanol–water partition coefficient (Wildman–Crippen LogP) is 8.43. The summed E-state index contributed by atoms with van der Waals surface area (Å²) in [5.41, 5.74) is 3.68. The van der Waals surface area contributed by atoms with Gasteiger partial charge in [0, 0.05) is 27.2 Å². The Kier molecular flexibility index (Phi) is 9.64. The first-order chi connectivity index (χ1) is 16.7. The standard InChI is InChI=1S/C26H20Cl2F2N2OS2/c1-15-3-4-16(2)24(9-15)32-25(33)21(12-31)26(34-13-17-5-7-19(29)10-22(17)27)35-14-18-6-8-20(30)11-23(18)28/h3-11H,13-14H2,1-2H3,(H,32,33). The minimum atomic E-state index is -0.549. The third-order valence-corrected chi connectivity index (χ3v) is 8.19. The molecule has 3 nitrogen and oxygen atoms in total. The molecule has 3 aromatic carbocycles. The molecule has 180 valence electrons. The fourth-order valence-electron chi connectivity index (χ4n) is 2.99. The van der Waals surface area contributed by atoms with E-state index in [-0.39, 0.29) is 15.6 Å². The molecular weight excluding hydrogens is 529 g/mol. The molecule has 0 heterocycles. The summed E-state index contributed by atoms with van der Waals surface area (Å²) in [6, 6.07) is 15.8. The third-order valence-electron chi connectivity index (χ3n) is 4.93. The quantitative estimate of drug-likeness (QED) is 0.226. The number of hydrogen-bond acceptors (Lipinski definition) is 4. The van der Waals surface area contributed by atoms with Crippen LogP contribution in [0, 0.1) is 36.8 Å². The number of aryl methyl sites for hydroxylation is 2. The first-order valence-corrected chi connectivity index (χ1v) is 13.1. The summed E-state index contributed by atoms with van der Waals surface area (Å²) in [5, 5.41) is 13.2. The van der Waals surface area contributed by atoms with Gasteiger partial charge in [0.25, 0.3) is 5.91 Å². The zero-order valence-corrected chi connectivity index (χ0v) is 21.9. The molecule has 9 heteroatoms. The lowest BCUT2D eigenvalue weighted by Gasteiger charge is -2.13. The van der Waals surface area contributed by atoms with E-state index >= 15 is 0 Å². The Bertz CT molecular complexity index is 1280. The second-order valence-electron chi connectivity index (χ2n) is 7.60. The summed E-state index contributed by atoms with van der Waals surface area (Å²) >= 11 is 14.8. The van der Waals surface area contributed by atoms with Crippen molar-refractivity contribution >= 4 is 58.3 Å². The maximum absolute atomic E-state index is 13.4. The molecule has 0 atom stereocenters. The number of hydrogen-bond donors (Lipinski definition) is 1. The van der Waals surface area contributed by atoms with Gasteiger partial charge in [0.1, 0.15) is 23.3 Å². The molecule has 0 fully saturated rings. The molecule has 0 aliphatic heterocycles. The van der Waals surface area contributed by atoms with E-state index in [0.29, 0.717) is 32.6 Å². The normalized spacial score (nSPS) is 10.5. The predicted molar refractivity (Wildman–Crippen MR) is 143 cm³/mol. The number of halogens is 4. The highest BCUT2D eigenvalue weighted by atomic mass is 35.5. The molecule has 0 radical (unpaired) electrons. The van der Waals surface area contributed by atoms with Crippen molar-refractivity contribution in [2.45, 2.75) is 25.4 Å². The van der Waals surface area contributed by atoms with Gasteiger partial charge in [-0.1, -0.05) is 47.5 Å². The average molecular weight is 549 g/mol. The van der Waals surface area contributed by atoms with Crippen LogP contribution >= 0.6 is 46.7 Å². The first-order valence-electron chi connectivity index (χ1n) is 10.3. The Morgan fingerprint density at radius 3 is 1.94 bits per heavy atom. The van der Waals surface area contributed by atoms with Crippen LogP contribution in [0.15, 0.2) is 64.4 Å². The number of carbonyl (C=O) groups excluding carboxylic acids is 1. The molecule has 0 aromatic heterocycles. The molecule has 3 rings (SSSR count). The summed E-state index contributed by atoms with van der Waals surface area (Å²) < 4.78 is 27.3. The van der Waals surface area contributed by atoms with Crippen LogP contribution in [0.4, 0.5) is 14.5 Å². The van der Waals surface area contributed by atoms with E-state index < -0.39 is 17.5 Å². The molecule has 0 saturated carbocycles. The summed E-state index contributed by atoms with van der Waals surface area (Å²) in [4.78, 5) is 13.1. The highest BCUT2D eigenvalue weighted by molar-refractivity contribution is 8.21. The summed E-state index contributed by atoms with van der Waals surface area (Å²) in [6.07, 6.45) is 0. The van der Waals surface area contributed by atoms with Crippen LogP contribution in [0.3, 0.4) is 0 Å². The van der Waals surface area contributed by atoms with Crippen LogP contribution in [0.5, 0.6) is 0 Å². The van der Waals surface area contributed by atoms with Gasteiger partial charge in [-0.25, -0.2) is 8.78 Å². The highest BCUT2D eigenvalue weighted by Gasteiger charge is 2.19. The van der Waals surface area contributed by atoms with Gasteiger partial charge in [0.05, 0.1) is 4.24 Å². The van der Waals surface area contributed by atoms with Crippen molar-refractivity contribution in [3.63, 3.8) is 0 Å². The van der Waals surface area contributed by atoms with E-state index in [4.69, 9.17) is 23.2 Å². The number of nitrogens with zero attached hydrogens (tertiary/aromatic N) is 1. The second kappa shape index (κ2) is 12.5. The number of nitrogens with one attached hydrogen (secondary N) is 1. The molecule has 0 unspecified atom stereocenters. The Labute approximate surface area is 221 Å². The van der Waals surface area contributed by atoms with Crippen LogP contribution in [0.2, 0.25) is 10.0 Å². The van der Waals surface area contributed by atoms with Crippen molar-refractivity contribution in [2.24, 2.45) is 0 Å². The maximum atomic E-state index is 13.4. The minimum Gasteiger partial charge on any atom is -0.321 e. The van der Waals surface area contributed by atoms with Gasteiger partial charge < -0.3 is 5.32 Å². The zero-order valence-electron chi connectivity index (χ0n) is 18.8. The molecule has 0 bridgehead atoms. The van der Waals surface area contributed by atoms with Crippen molar-refractivity contribution in [2.75, 3.05) is 5.32 Å². The number of nitriles is 1. The van der Waals surface area contributed by atoms with Crippen molar-refractivity contribution in [3.05, 3.63) is 108 Å². The maximum Gasteiger partial charge on any atom is 0.268 e. The van der Waals surface area contributed by atoms with Crippen LogP contribution in [-0.2, 0) is 16.3 Å². The largest absolute Gasteiger partial charge is 0.321 e. The van der Waals surface area contributed by atoms with Crippen LogP contribution < -0.4 is 5.32 Å². The summed E-state index contributed by atoms with van der Waals surface area (Å²) in [6.45, 7) is 3.77. The van der Waals surface area contributed by atoms with Gasteiger partial charge in [-0.05, 0) is 66.4 Å². The lowest BCUT2D eigenvalue weighted by atomic mass is 10.1. The zero-order chi connectivity index (χ0) is 25.5. The number of thioether (sulfide) groups is 2. The lowest BCUT2D eigenvalue weighted by molar-refractivity contribution is -0.112. The van der Waals surface area contributed by atoms with Gasteiger partial charge >= 0.3 is 0 Å². The van der Waals surface area contributed by atoms with E-state index in [1.807, 2.05) is 38.1 Å². The summed E-state index contributed by atoms with van der Waals surface area (Å²) in [5.74, 6) is -0.844. The summed E-state index contributed by atoms with van der Waals surface area (Å²) in [7, 11) is 0. The number of amides is 1. The number of benzene rings is 3. The van der Waals surface area contributed by atoms with E-state index in [2.05, 4.69) is 5.32 Å². The minimum absolute atomic E-state index is 0.0719. The Morgan fingerprint density at radius 2 is 1.46 bits per heavy atom. The second-order valence-corrected chi connectivity index (χ2v) is 10.6. The van der Waals surface area contributed by atoms with Crippen molar-refractivity contribution in [1.82, 2.24) is 0 Å². The van der Waals surface area contributed by atoms with Gasteiger partial charge in [0.2, 0.25) is 0 Å². The third kappa shape index (κ3) is 7.49. The molecule has 0 saturated heterocycles. The molecular formula is C26H20Cl2F2N2OS2. The Balaban J connectivity index is 1.91. The lowest BCUT2D eigenvalue weighted by Crippen LogP contribution is -2.15. The van der Waals surface area contributed by atoms with E-state index in [1.165, 1.54) is 47.8 Å². The van der Waals surface area contributed by atoms with Crippen molar-refractivity contribution in [3.8, 4) is 6.07 Å². The molecule has 1 N–H and O–H groups in total. The number of rotatable bonds is 8. The smallest absolute Gasteiger partial charge is 0.268 e. The average Bonchev–Trinajstić information content (AvgIpc) is 2.80. The van der Waals surface area contributed by atoms with E-state index in [0.717, 1.165) is 11.1 Å². The molecule has 3 aromatic rings. The van der Waals surface area contributed by atoms with Gasteiger partial charge in [-0.3, -0.25) is 4.79 Å². The topological polar surface area (TPSA) is 52.9 Å². The van der Waals surface area contributed by atoms with Crippen molar-refractivity contribution in [1.29, 1.82) is 5.26 Å². The van der Waals surface area contributed by atoms with E-state index in [9.17, 15) is 18.8 Å². The molecule has 0 aliphatic carbocycles. The monoisotopic (exact) mass is 548 g/mol. The fourth-order valence-corrected chi connectivity index (χ4v) is 5.95. The van der Waals surface area contributed by atoms with Gasteiger partial charge in [-0.2, -0.15) is 5.26 Å². The van der Waals surface area contributed by atoms with Gasteiger partial charge in [-0.15, -0.1) is 23.5 Å². The Hall–Kier alpha value is -2.50. The van der Waals surface area contributed by atoms with Crippen LogP contribution in [-0.4, -0.2) is 5.91 Å². The van der Waals surface area contributed by atoms with Gasteiger partial charge in [0.15, 0.2) is 0 Å². The Morgan fingerprint density at radius 1 is 0.914 bits per heavy atom. The fraction of sp³-hybridized carbons (Fsp3) is 0.154. The van der Waals surface area contributed by atoms with Crippen LogP contribution in [0.1, 0.15) is 22.3 Å². The highest BCUT2D eigenvalue weighted by Crippen LogP contribution is 2.38. The SMILES string of the molecule is Cc1ccc(C)c(NC(=O)C(C#N)=C(SCc2ccc(F)cc2Cl)SCc2ccc(F)cc2Cl)c1. The number of carbonyl (C=O) groups is 1. The number of anilines is 1.